The smallest absolute Gasteiger partial charge is 0.271 e. The van der Waals surface area contributed by atoms with Crippen molar-refractivity contribution in [1.82, 2.24) is 0 Å². The molecule has 9 heteroatoms. The number of hydrogen-bond donors (Lipinski definition) is 0. The Morgan fingerprint density at radius 3 is 2.30 bits per heavy atom. The molecule has 0 atom stereocenters. The predicted octanol–water partition coefficient (Wildman–Crippen LogP) is 8.73. The van der Waals surface area contributed by atoms with Crippen LogP contribution in [-0.4, -0.2) is 17.7 Å². The van der Waals surface area contributed by atoms with Crippen molar-refractivity contribution in [3.63, 3.8) is 0 Å². The number of nitrogens with zero attached hydrogens (tertiary/aromatic N) is 2. The number of carbonyl (C=O) groups excluding carboxylic acids is 1. The first-order valence-corrected chi connectivity index (χ1v) is 13.0. The number of halogens is 4. The Bertz CT molecular complexity index is 1260. The van der Waals surface area contributed by atoms with Crippen LogP contribution in [0.3, 0.4) is 0 Å². The summed E-state index contributed by atoms with van der Waals surface area (Å²) in [7, 11) is 0. The van der Waals surface area contributed by atoms with Gasteiger partial charge in [0.2, 0.25) is 0 Å². The summed E-state index contributed by atoms with van der Waals surface area (Å²) in [6, 6.07) is 18.0. The summed E-state index contributed by atoms with van der Waals surface area (Å²) in [5.74, 6) is 0.483. The number of amides is 1. The maximum atomic E-state index is 13.5. The molecule has 1 heterocycles. The van der Waals surface area contributed by atoms with E-state index in [2.05, 4.69) is 31.9 Å². The van der Waals surface area contributed by atoms with E-state index in [1.807, 2.05) is 25.1 Å². The molecule has 1 fully saturated rings. The lowest BCUT2D eigenvalue weighted by Crippen LogP contribution is -2.28. The van der Waals surface area contributed by atoms with Crippen LogP contribution in [0.4, 0.5) is 11.4 Å². The van der Waals surface area contributed by atoms with Gasteiger partial charge in [-0.2, -0.15) is 0 Å². The molecule has 0 unspecified atom stereocenters. The van der Waals surface area contributed by atoms with E-state index in [0.717, 1.165) is 14.5 Å². The fraction of sp³-hybridized carbons (Fsp3) is 0.0833. The van der Waals surface area contributed by atoms with Gasteiger partial charge in [-0.05, 0) is 101 Å². The molecule has 0 radical (unpaired) electrons. The molecule has 0 saturated carbocycles. The minimum atomic E-state index is -0.186. The van der Waals surface area contributed by atoms with E-state index in [9.17, 15) is 4.79 Å². The Morgan fingerprint density at radius 2 is 1.67 bits per heavy atom. The van der Waals surface area contributed by atoms with E-state index in [4.69, 9.17) is 32.9 Å². The minimum absolute atomic E-state index is 0.186. The fourth-order valence-corrected chi connectivity index (χ4v) is 5.73. The topological polar surface area (TPSA) is 41.9 Å². The van der Waals surface area contributed by atoms with E-state index in [0.29, 0.717) is 43.8 Å². The molecule has 168 valence electrons. The molecule has 33 heavy (non-hydrogen) atoms. The molecule has 1 saturated heterocycles. The van der Waals surface area contributed by atoms with Crippen molar-refractivity contribution in [2.45, 2.75) is 6.92 Å². The van der Waals surface area contributed by atoms with Crippen LogP contribution in [0.15, 0.2) is 79.5 Å². The Labute approximate surface area is 222 Å². The molecule has 3 aromatic carbocycles. The van der Waals surface area contributed by atoms with Crippen LogP contribution in [0.5, 0.6) is 5.75 Å². The third kappa shape index (κ3) is 5.66. The lowest BCUT2D eigenvalue weighted by atomic mass is 10.2. The number of carbonyl (C=O) groups is 1. The van der Waals surface area contributed by atoms with Crippen molar-refractivity contribution in [3.8, 4) is 5.75 Å². The Kier molecular flexibility index (Phi) is 7.87. The number of thioether (sulfide) groups is 1. The van der Waals surface area contributed by atoms with Crippen molar-refractivity contribution < 1.29 is 9.53 Å². The van der Waals surface area contributed by atoms with Crippen LogP contribution in [0.2, 0.25) is 10.0 Å². The maximum absolute atomic E-state index is 13.5. The van der Waals surface area contributed by atoms with Crippen LogP contribution in [0.1, 0.15) is 12.5 Å². The number of anilines is 1. The first-order valence-electron chi connectivity index (χ1n) is 9.81. The fourth-order valence-electron chi connectivity index (χ4n) is 3.12. The number of rotatable bonds is 5. The molecule has 1 aliphatic heterocycles. The summed E-state index contributed by atoms with van der Waals surface area (Å²) in [4.78, 5) is 20.3. The lowest BCUT2D eigenvalue weighted by molar-refractivity contribution is -0.113. The van der Waals surface area contributed by atoms with Gasteiger partial charge < -0.3 is 4.74 Å². The highest BCUT2D eigenvalue weighted by molar-refractivity contribution is 9.11. The second-order valence-electron chi connectivity index (χ2n) is 6.84. The van der Waals surface area contributed by atoms with Crippen molar-refractivity contribution in [3.05, 3.63) is 90.1 Å². The van der Waals surface area contributed by atoms with E-state index >= 15 is 0 Å². The molecule has 1 amide bonds. The summed E-state index contributed by atoms with van der Waals surface area (Å²) >= 11 is 20.4. The molecular weight excluding hydrogens is 611 g/mol. The number of amidine groups is 1. The largest absolute Gasteiger partial charge is 0.492 e. The molecular formula is C24H16Br2Cl2N2O2S. The molecule has 0 bridgehead atoms. The van der Waals surface area contributed by atoms with Crippen molar-refractivity contribution in [2.24, 2.45) is 4.99 Å². The van der Waals surface area contributed by atoms with Crippen LogP contribution < -0.4 is 9.64 Å². The number of hydrogen-bond acceptors (Lipinski definition) is 4. The summed E-state index contributed by atoms with van der Waals surface area (Å²) in [5, 5.41) is 1.74. The summed E-state index contributed by atoms with van der Waals surface area (Å²) < 4.78 is 7.49. The van der Waals surface area contributed by atoms with Gasteiger partial charge in [-0.3, -0.25) is 9.69 Å². The second-order valence-corrected chi connectivity index (χ2v) is 10.5. The van der Waals surface area contributed by atoms with Crippen molar-refractivity contribution in [1.29, 1.82) is 0 Å². The molecule has 1 aliphatic rings. The number of benzene rings is 3. The van der Waals surface area contributed by atoms with Crippen LogP contribution in [-0.2, 0) is 4.79 Å². The highest BCUT2D eigenvalue weighted by Crippen LogP contribution is 2.40. The molecule has 4 rings (SSSR count). The van der Waals surface area contributed by atoms with Gasteiger partial charge in [0.15, 0.2) is 5.17 Å². The van der Waals surface area contributed by atoms with Crippen LogP contribution in [0.25, 0.3) is 6.08 Å². The second kappa shape index (κ2) is 10.7. The first-order chi connectivity index (χ1) is 15.9. The van der Waals surface area contributed by atoms with Gasteiger partial charge in [0.25, 0.3) is 5.91 Å². The van der Waals surface area contributed by atoms with Gasteiger partial charge in [-0.15, -0.1) is 0 Å². The van der Waals surface area contributed by atoms with E-state index in [1.165, 1.54) is 11.8 Å². The molecule has 0 aromatic heterocycles. The molecule has 4 nitrogen and oxygen atoms in total. The van der Waals surface area contributed by atoms with Gasteiger partial charge in [0, 0.05) is 20.1 Å². The third-order valence-electron chi connectivity index (χ3n) is 4.55. The van der Waals surface area contributed by atoms with Crippen LogP contribution in [0, 0.1) is 0 Å². The van der Waals surface area contributed by atoms with Gasteiger partial charge in [-0.1, -0.05) is 39.1 Å². The average molecular weight is 627 g/mol. The number of ether oxygens (including phenoxy) is 1. The monoisotopic (exact) mass is 624 g/mol. The SMILES string of the molecule is CCOc1c(Br)cc(Br)cc1/C=C1\SC(=Nc2ccc(Cl)cc2)N(c2ccc(Cl)cc2)C1=O. The normalized spacial score (nSPS) is 16.2. The van der Waals surface area contributed by atoms with Crippen molar-refractivity contribution >= 4 is 95.3 Å². The molecule has 0 N–H and O–H groups in total. The van der Waals surface area contributed by atoms with E-state index in [-0.39, 0.29) is 5.91 Å². The first kappa shape index (κ1) is 24.4. The summed E-state index contributed by atoms with van der Waals surface area (Å²) in [6.07, 6.45) is 1.82. The van der Waals surface area contributed by atoms with Crippen LogP contribution >= 0.6 is 66.8 Å². The predicted molar refractivity (Wildman–Crippen MR) is 146 cm³/mol. The Morgan fingerprint density at radius 1 is 1.03 bits per heavy atom. The standard InChI is InChI=1S/C24H16Br2Cl2N2O2S/c1-2-32-22-14(11-15(25)13-20(22)26)12-21-23(31)30(19-9-5-17(28)6-10-19)24(33-21)29-18-7-3-16(27)4-8-18/h3-13H,2H2,1H3/b21-12-,29-24?. The highest BCUT2D eigenvalue weighted by atomic mass is 79.9. The quantitative estimate of drug-likeness (QED) is 0.266. The highest BCUT2D eigenvalue weighted by Gasteiger charge is 2.35. The van der Waals surface area contributed by atoms with Gasteiger partial charge in [0.05, 0.1) is 27.4 Å². The molecule has 3 aromatic rings. The average Bonchev–Trinajstić information content (AvgIpc) is 3.07. The zero-order valence-corrected chi connectivity index (χ0v) is 22.7. The Hall–Kier alpha value is -1.77. The molecule has 0 aliphatic carbocycles. The van der Waals surface area contributed by atoms with Crippen molar-refractivity contribution in [2.75, 3.05) is 11.5 Å². The Balaban J connectivity index is 1.81. The minimum Gasteiger partial charge on any atom is -0.492 e. The lowest BCUT2D eigenvalue weighted by Gasteiger charge is -2.15. The maximum Gasteiger partial charge on any atom is 0.271 e. The molecule has 0 spiro atoms. The van der Waals surface area contributed by atoms with Gasteiger partial charge in [0.1, 0.15) is 5.75 Å². The third-order valence-corrected chi connectivity index (χ3v) is 7.07. The summed E-state index contributed by atoms with van der Waals surface area (Å²) in [6.45, 7) is 2.41. The van der Waals surface area contributed by atoms with Gasteiger partial charge in [-0.25, -0.2) is 4.99 Å². The summed E-state index contributed by atoms with van der Waals surface area (Å²) in [5.41, 5.74) is 2.14. The number of aliphatic imine (C=N–C) groups is 1. The zero-order valence-electron chi connectivity index (χ0n) is 17.2. The van der Waals surface area contributed by atoms with E-state index in [1.54, 1.807) is 53.4 Å². The zero-order chi connectivity index (χ0) is 23.5. The van der Waals surface area contributed by atoms with Gasteiger partial charge >= 0.3 is 0 Å². The van der Waals surface area contributed by atoms with E-state index < -0.39 is 0 Å².